The second kappa shape index (κ2) is 10.6. The Kier molecular flexibility index (Phi) is 8.14. The van der Waals surface area contributed by atoms with E-state index in [1.807, 2.05) is 0 Å². The largest absolute Gasteiger partial charge is 0.397 e. The van der Waals surface area contributed by atoms with E-state index >= 15 is 0 Å². The maximum Gasteiger partial charge on any atom is 0.271 e. The third-order valence-electron chi connectivity index (χ3n) is 3.69. The predicted octanol–water partition coefficient (Wildman–Crippen LogP) is 5.98. The standard InChI is InChI=1S/C13H8Cl2N2O3.C6H5ClN2O2/c14-9-3-1-2-8(6-9)13(18)16-12-7-10(17(19)20)4-5-11(12)15;7-5-2-1-4(9(10)11)3-6(5)8/h1-7H,(H,16,18);1-3H,8H2. The highest BCUT2D eigenvalue weighted by atomic mass is 35.5. The van der Waals surface area contributed by atoms with Crippen molar-refractivity contribution in [1.82, 2.24) is 0 Å². The van der Waals surface area contributed by atoms with Crippen LogP contribution in [0.15, 0.2) is 60.7 Å². The summed E-state index contributed by atoms with van der Waals surface area (Å²) in [6.45, 7) is 0. The summed E-state index contributed by atoms with van der Waals surface area (Å²) in [6.07, 6.45) is 0. The van der Waals surface area contributed by atoms with Crippen molar-refractivity contribution in [3.8, 4) is 0 Å². The minimum Gasteiger partial charge on any atom is -0.397 e. The molecule has 12 heteroatoms. The maximum atomic E-state index is 12.0. The number of nitro benzene ring substituents is 2. The molecule has 1 amide bonds. The second-order valence-corrected chi connectivity index (χ2v) is 7.10. The van der Waals surface area contributed by atoms with E-state index in [0.717, 1.165) is 0 Å². The van der Waals surface area contributed by atoms with Crippen LogP contribution in [-0.4, -0.2) is 15.8 Å². The monoisotopic (exact) mass is 482 g/mol. The van der Waals surface area contributed by atoms with Crippen molar-refractivity contribution >= 4 is 63.5 Å². The minimum atomic E-state index is -0.564. The van der Waals surface area contributed by atoms with Crippen LogP contribution in [0.5, 0.6) is 0 Å². The smallest absolute Gasteiger partial charge is 0.271 e. The number of carbonyl (C=O) groups excluding carboxylic acids is 1. The number of hydrogen-bond donors (Lipinski definition) is 2. The van der Waals surface area contributed by atoms with E-state index < -0.39 is 15.8 Å². The number of nitrogen functional groups attached to an aromatic ring is 1. The highest BCUT2D eigenvalue weighted by molar-refractivity contribution is 6.34. The fraction of sp³-hybridized carbons (Fsp3) is 0. The zero-order chi connectivity index (χ0) is 23.1. The summed E-state index contributed by atoms with van der Waals surface area (Å²) in [5.41, 5.74) is 5.84. The molecule has 0 saturated heterocycles. The van der Waals surface area contributed by atoms with Gasteiger partial charge in [-0.05, 0) is 30.3 Å². The lowest BCUT2D eigenvalue weighted by Crippen LogP contribution is -2.12. The number of nitrogens with two attached hydrogens (primary N) is 1. The summed E-state index contributed by atoms with van der Waals surface area (Å²) in [7, 11) is 0. The quantitative estimate of drug-likeness (QED) is 0.265. The lowest BCUT2D eigenvalue weighted by molar-refractivity contribution is -0.385. The number of nitro groups is 2. The molecule has 0 aliphatic heterocycles. The first-order valence-electron chi connectivity index (χ1n) is 8.28. The average Bonchev–Trinajstić information content (AvgIpc) is 2.71. The van der Waals surface area contributed by atoms with E-state index in [0.29, 0.717) is 15.6 Å². The van der Waals surface area contributed by atoms with Gasteiger partial charge in [0.15, 0.2) is 0 Å². The molecule has 0 bridgehead atoms. The van der Waals surface area contributed by atoms with Crippen LogP contribution < -0.4 is 11.1 Å². The first-order valence-corrected chi connectivity index (χ1v) is 9.42. The van der Waals surface area contributed by atoms with Crippen molar-refractivity contribution in [2.75, 3.05) is 11.1 Å². The molecule has 0 heterocycles. The molecule has 0 aliphatic carbocycles. The Morgan fingerprint density at radius 3 is 1.97 bits per heavy atom. The number of halogens is 3. The van der Waals surface area contributed by atoms with Gasteiger partial charge in [-0.25, -0.2) is 0 Å². The van der Waals surface area contributed by atoms with E-state index in [4.69, 9.17) is 40.5 Å². The summed E-state index contributed by atoms with van der Waals surface area (Å²) in [4.78, 5) is 31.8. The third-order valence-corrected chi connectivity index (χ3v) is 4.60. The lowest BCUT2D eigenvalue weighted by atomic mass is 10.2. The van der Waals surface area contributed by atoms with Gasteiger partial charge in [0.25, 0.3) is 17.3 Å². The summed E-state index contributed by atoms with van der Waals surface area (Å²) in [6, 6.07) is 14.1. The molecule has 0 radical (unpaired) electrons. The molecular weight excluding hydrogens is 471 g/mol. The third kappa shape index (κ3) is 6.82. The number of anilines is 2. The number of hydrogen-bond acceptors (Lipinski definition) is 6. The number of carbonyl (C=O) groups is 1. The topological polar surface area (TPSA) is 141 Å². The van der Waals surface area contributed by atoms with Crippen molar-refractivity contribution in [3.63, 3.8) is 0 Å². The Bertz CT molecular complexity index is 1160. The Morgan fingerprint density at radius 1 is 0.839 bits per heavy atom. The molecule has 9 nitrogen and oxygen atoms in total. The number of benzene rings is 3. The molecule has 0 aromatic heterocycles. The van der Waals surface area contributed by atoms with Gasteiger partial charge >= 0.3 is 0 Å². The predicted molar refractivity (Wildman–Crippen MR) is 120 cm³/mol. The average molecular weight is 484 g/mol. The van der Waals surface area contributed by atoms with Crippen LogP contribution in [0.1, 0.15) is 10.4 Å². The van der Waals surface area contributed by atoms with Crippen LogP contribution >= 0.6 is 34.8 Å². The molecule has 3 N–H and O–H groups in total. The molecular formula is C19H13Cl3N4O5. The summed E-state index contributed by atoms with van der Waals surface area (Å²) in [5.74, 6) is -0.449. The minimum absolute atomic E-state index is 0.0492. The molecule has 0 atom stereocenters. The molecule has 3 aromatic rings. The normalized spacial score (nSPS) is 9.90. The fourth-order valence-electron chi connectivity index (χ4n) is 2.19. The van der Waals surface area contributed by atoms with Crippen LogP contribution in [-0.2, 0) is 0 Å². The van der Waals surface area contributed by atoms with Gasteiger partial charge < -0.3 is 11.1 Å². The number of non-ortho nitro benzene ring substituents is 2. The van der Waals surface area contributed by atoms with Crippen molar-refractivity contribution in [3.05, 3.63) is 102 Å². The molecule has 3 rings (SSSR count). The van der Waals surface area contributed by atoms with Gasteiger partial charge in [0.1, 0.15) is 0 Å². The maximum absolute atomic E-state index is 12.0. The molecule has 0 aliphatic rings. The highest BCUT2D eigenvalue weighted by Gasteiger charge is 2.13. The lowest BCUT2D eigenvalue weighted by Gasteiger charge is -2.07. The van der Waals surface area contributed by atoms with Gasteiger partial charge in [0, 0.05) is 34.9 Å². The van der Waals surface area contributed by atoms with Gasteiger partial charge in [-0.1, -0.05) is 40.9 Å². The van der Waals surface area contributed by atoms with Crippen LogP contribution in [0.25, 0.3) is 0 Å². The Morgan fingerprint density at radius 2 is 1.42 bits per heavy atom. The zero-order valence-corrected chi connectivity index (χ0v) is 17.7. The van der Waals surface area contributed by atoms with E-state index in [-0.39, 0.29) is 27.8 Å². The molecule has 0 unspecified atom stereocenters. The summed E-state index contributed by atoms with van der Waals surface area (Å²) in [5, 5.41) is 24.3. The molecule has 0 fully saturated rings. The van der Waals surface area contributed by atoms with Gasteiger partial charge in [0.05, 0.1) is 31.3 Å². The van der Waals surface area contributed by atoms with Crippen LogP contribution in [0, 0.1) is 20.2 Å². The first kappa shape index (κ1) is 23.9. The Balaban J connectivity index is 0.000000262. The van der Waals surface area contributed by atoms with Crippen molar-refractivity contribution in [2.24, 2.45) is 0 Å². The SMILES string of the molecule is Nc1cc([N+](=O)[O-])ccc1Cl.O=C(Nc1cc([N+](=O)[O-])ccc1Cl)c1cccc(Cl)c1. The second-order valence-electron chi connectivity index (χ2n) is 5.85. The molecule has 0 spiro atoms. The van der Waals surface area contributed by atoms with Crippen LogP contribution in [0.2, 0.25) is 15.1 Å². The molecule has 0 saturated carbocycles. The van der Waals surface area contributed by atoms with Gasteiger partial charge in [-0.15, -0.1) is 0 Å². The van der Waals surface area contributed by atoms with Gasteiger partial charge in [-0.2, -0.15) is 0 Å². The molecule has 160 valence electrons. The van der Waals surface area contributed by atoms with Crippen molar-refractivity contribution in [1.29, 1.82) is 0 Å². The Labute approximate surface area is 190 Å². The van der Waals surface area contributed by atoms with Crippen molar-refractivity contribution in [2.45, 2.75) is 0 Å². The fourth-order valence-corrected chi connectivity index (χ4v) is 2.66. The van der Waals surface area contributed by atoms with Crippen LogP contribution in [0.3, 0.4) is 0 Å². The number of nitrogens with zero attached hydrogens (tertiary/aromatic N) is 2. The molecule has 3 aromatic carbocycles. The summed E-state index contributed by atoms with van der Waals surface area (Å²) >= 11 is 17.2. The van der Waals surface area contributed by atoms with Gasteiger partial charge in [-0.3, -0.25) is 25.0 Å². The first-order chi connectivity index (χ1) is 14.6. The van der Waals surface area contributed by atoms with Crippen LogP contribution in [0.4, 0.5) is 22.7 Å². The van der Waals surface area contributed by atoms with E-state index in [2.05, 4.69) is 5.32 Å². The molecule has 31 heavy (non-hydrogen) atoms. The van der Waals surface area contributed by atoms with E-state index in [1.165, 1.54) is 42.5 Å². The van der Waals surface area contributed by atoms with E-state index in [9.17, 15) is 25.0 Å². The van der Waals surface area contributed by atoms with E-state index in [1.54, 1.807) is 18.2 Å². The van der Waals surface area contributed by atoms with Crippen molar-refractivity contribution < 1.29 is 14.6 Å². The Hall–Kier alpha value is -3.40. The number of amides is 1. The van der Waals surface area contributed by atoms with Gasteiger partial charge in [0.2, 0.25) is 0 Å². The number of nitrogens with one attached hydrogen (secondary N) is 1. The number of rotatable bonds is 4. The summed E-state index contributed by atoms with van der Waals surface area (Å²) < 4.78 is 0. The zero-order valence-electron chi connectivity index (χ0n) is 15.4. The highest BCUT2D eigenvalue weighted by Crippen LogP contribution is 2.27.